The number of benzene rings is 2. The fourth-order valence-electron chi connectivity index (χ4n) is 2.42. The molecular weight excluding hydrogens is 371 g/mol. The number of para-hydroxylation sites is 1. The number of urea groups is 1. The normalized spacial score (nSPS) is 10.7. The molecule has 3 N–H and O–H groups in total. The van der Waals surface area contributed by atoms with Crippen LogP contribution in [0.2, 0.25) is 0 Å². The van der Waals surface area contributed by atoms with Crippen molar-refractivity contribution in [2.75, 3.05) is 10.6 Å². The highest BCUT2D eigenvalue weighted by molar-refractivity contribution is 6.62. The lowest BCUT2D eigenvalue weighted by Crippen LogP contribution is -2.23. The van der Waals surface area contributed by atoms with E-state index in [0.717, 1.165) is 0 Å². The van der Waals surface area contributed by atoms with Gasteiger partial charge in [-0.3, -0.25) is 10.1 Å². The molecule has 0 fully saturated rings. The number of anilines is 2. The van der Waals surface area contributed by atoms with E-state index in [4.69, 9.17) is 0 Å². The van der Waals surface area contributed by atoms with Crippen molar-refractivity contribution in [3.05, 3.63) is 76.2 Å². The lowest BCUT2D eigenvalue weighted by Gasteiger charge is -2.09. The number of amides is 2. The molecule has 2 aromatic carbocycles. The van der Waals surface area contributed by atoms with E-state index in [-0.39, 0.29) is 11.6 Å². The minimum atomic E-state index is -0.608. The van der Waals surface area contributed by atoms with Crippen molar-refractivity contribution < 1.29 is 9.59 Å². The number of aryl methyl sites for hydroxylation is 1. The van der Waals surface area contributed by atoms with Gasteiger partial charge in [0.05, 0.1) is 11.4 Å². The minimum absolute atomic E-state index is 0.0209. The number of nitrogens with one attached hydrogen (secondary N) is 3. The van der Waals surface area contributed by atoms with Crippen LogP contribution in [0.25, 0.3) is 0 Å². The zero-order valence-electron chi connectivity index (χ0n) is 15.8. The molecule has 0 spiro atoms. The summed E-state index contributed by atoms with van der Waals surface area (Å²) in [6, 6.07) is 13.0. The second-order valence-corrected chi connectivity index (χ2v) is 6.11. The number of hydrogen-bond donors (Lipinski definition) is 3. The highest BCUT2D eigenvalue weighted by atomic mass is 16.2. The predicted octanol–water partition coefficient (Wildman–Crippen LogP) is 2.91. The first-order valence-corrected chi connectivity index (χ1v) is 8.69. The molecule has 1 aromatic heterocycles. The van der Waals surface area contributed by atoms with Crippen molar-refractivity contribution in [1.29, 1.82) is 0 Å². The lowest BCUT2D eigenvalue weighted by molar-refractivity contribution is 0.108. The van der Waals surface area contributed by atoms with Crippen LogP contribution < -0.4 is 16.2 Å². The summed E-state index contributed by atoms with van der Waals surface area (Å²) in [4.78, 5) is 42.0. The van der Waals surface area contributed by atoms with E-state index in [2.05, 4.69) is 30.8 Å². The monoisotopic (exact) mass is 388 g/mol. The molecule has 2 amide bonds. The molecule has 0 atom stereocenters. The van der Waals surface area contributed by atoms with Gasteiger partial charge in [0.25, 0.3) is 5.56 Å². The van der Waals surface area contributed by atoms with Gasteiger partial charge in [-0.25, -0.2) is 4.79 Å². The Morgan fingerprint density at radius 1 is 1.00 bits per heavy atom. The second-order valence-electron chi connectivity index (χ2n) is 6.11. The van der Waals surface area contributed by atoms with Gasteiger partial charge in [0.1, 0.15) is 11.4 Å². The van der Waals surface area contributed by atoms with Crippen molar-refractivity contribution >= 4 is 42.6 Å². The Morgan fingerprint density at radius 3 is 2.38 bits per heavy atom. The molecule has 0 radical (unpaired) electrons. The molecule has 1 heterocycles. The first kappa shape index (κ1) is 19.7. The number of rotatable bonds is 5. The quantitative estimate of drug-likeness (QED) is 0.458. The van der Waals surface area contributed by atoms with Crippen LogP contribution in [0.4, 0.5) is 27.8 Å². The summed E-state index contributed by atoms with van der Waals surface area (Å²) in [5.41, 5.74) is 1.55. The average Bonchev–Trinajstić information content (AvgIpc) is 2.70. The molecule has 0 aliphatic rings. The van der Waals surface area contributed by atoms with E-state index in [9.17, 15) is 14.4 Å². The van der Waals surface area contributed by atoms with Gasteiger partial charge in [0.2, 0.25) is 5.95 Å². The van der Waals surface area contributed by atoms with E-state index in [1.165, 1.54) is 14.0 Å². The summed E-state index contributed by atoms with van der Waals surface area (Å²) in [5.74, 6) is 0.0209. The number of hydrogen-bond acceptors (Lipinski definition) is 6. The molecule has 0 saturated heterocycles. The SMILES string of the molecule is BC(=O)c1ccccc1/N=N/c1ccccc1NC(=O)Nc1nc(=O)c(C)c[nH]1. The first-order chi connectivity index (χ1) is 13.9. The van der Waals surface area contributed by atoms with E-state index >= 15 is 0 Å². The number of nitrogens with zero attached hydrogens (tertiary/aromatic N) is 3. The lowest BCUT2D eigenvalue weighted by atomic mass is 9.94. The molecule has 0 bridgehead atoms. The number of azo groups is 1. The number of carbonyl (C=O) groups excluding carboxylic acids is 2. The third-order valence-electron chi connectivity index (χ3n) is 3.91. The molecule has 0 aliphatic carbocycles. The number of carbonyl (C=O) groups is 2. The molecule has 3 aromatic rings. The summed E-state index contributed by atoms with van der Waals surface area (Å²) in [5, 5.41) is 13.4. The average molecular weight is 388 g/mol. The maximum Gasteiger partial charge on any atom is 0.326 e. The van der Waals surface area contributed by atoms with Crippen molar-refractivity contribution in [2.45, 2.75) is 6.92 Å². The van der Waals surface area contributed by atoms with E-state index in [0.29, 0.717) is 28.2 Å². The first-order valence-electron chi connectivity index (χ1n) is 8.69. The van der Waals surface area contributed by atoms with Gasteiger partial charge in [-0.15, -0.1) is 10.2 Å². The fourth-order valence-corrected chi connectivity index (χ4v) is 2.42. The Kier molecular flexibility index (Phi) is 5.93. The Bertz CT molecular complexity index is 1160. The van der Waals surface area contributed by atoms with E-state index in [1.54, 1.807) is 55.5 Å². The molecule has 0 aliphatic heterocycles. The second kappa shape index (κ2) is 8.74. The van der Waals surface area contributed by atoms with Crippen LogP contribution in [0.5, 0.6) is 0 Å². The number of H-pyrrole nitrogens is 1. The van der Waals surface area contributed by atoms with Gasteiger partial charge in [0.15, 0.2) is 7.85 Å². The van der Waals surface area contributed by atoms with Gasteiger partial charge in [-0.05, 0) is 25.1 Å². The summed E-state index contributed by atoms with van der Waals surface area (Å²) >= 11 is 0. The molecule has 10 heteroatoms. The van der Waals surface area contributed by atoms with Gasteiger partial charge in [-0.2, -0.15) is 4.98 Å². The van der Waals surface area contributed by atoms with Crippen molar-refractivity contribution in [3.8, 4) is 0 Å². The highest BCUT2D eigenvalue weighted by Crippen LogP contribution is 2.28. The van der Waals surface area contributed by atoms with Crippen molar-refractivity contribution in [1.82, 2.24) is 9.97 Å². The van der Waals surface area contributed by atoms with Crippen LogP contribution >= 0.6 is 0 Å². The summed E-state index contributed by atoms with van der Waals surface area (Å²) in [6.45, 7) is 1.61. The molecule has 144 valence electrons. The third-order valence-corrected chi connectivity index (χ3v) is 3.91. The predicted molar refractivity (Wildman–Crippen MR) is 112 cm³/mol. The highest BCUT2D eigenvalue weighted by Gasteiger charge is 2.09. The van der Waals surface area contributed by atoms with Crippen LogP contribution in [0.3, 0.4) is 0 Å². The molecule has 29 heavy (non-hydrogen) atoms. The number of aromatic amines is 1. The van der Waals surface area contributed by atoms with E-state index in [1.807, 2.05) is 0 Å². The molecule has 3 rings (SSSR count). The zero-order chi connectivity index (χ0) is 20.8. The van der Waals surface area contributed by atoms with Crippen LogP contribution in [-0.4, -0.2) is 29.5 Å². The van der Waals surface area contributed by atoms with Crippen molar-refractivity contribution in [3.63, 3.8) is 0 Å². The topological polar surface area (TPSA) is 129 Å². The molecular formula is C19H17BN6O3. The summed E-state index contributed by atoms with van der Waals surface area (Å²) < 4.78 is 0. The maximum atomic E-state index is 12.2. The Labute approximate surface area is 166 Å². The molecule has 0 unspecified atom stereocenters. The molecule has 9 nitrogen and oxygen atoms in total. The largest absolute Gasteiger partial charge is 0.332 e. The minimum Gasteiger partial charge on any atom is -0.332 e. The summed E-state index contributed by atoms with van der Waals surface area (Å²) in [6.07, 6.45) is 1.46. The van der Waals surface area contributed by atoms with Crippen LogP contribution in [-0.2, 0) is 0 Å². The molecule has 0 saturated carbocycles. The Morgan fingerprint density at radius 2 is 1.66 bits per heavy atom. The van der Waals surface area contributed by atoms with E-state index < -0.39 is 11.6 Å². The zero-order valence-corrected chi connectivity index (χ0v) is 15.8. The third kappa shape index (κ3) is 5.01. The fraction of sp³-hybridized carbons (Fsp3) is 0.0526. The Balaban J connectivity index is 1.78. The maximum absolute atomic E-state index is 12.2. The van der Waals surface area contributed by atoms with Crippen molar-refractivity contribution in [2.24, 2.45) is 10.2 Å². The van der Waals surface area contributed by atoms with Gasteiger partial charge < -0.3 is 15.1 Å². The Hall–Kier alpha value is -4.08. The van der Waals surface area contributed by atoms with Crippen LogP contribution in [0.1, 0.15) is 15.9 Å². The van der Waals surface area contributed by atoms with Gasteiger partial charge in [-0.1, -0.05) is 30.3 Å². The van der Waals surface area contributed by atoms with Gasteiger partial charge >= 0.3 is 6.03 Å². The van der Waals surface area contributed by atoms with Crippen LogP contribution in [0, 0.1) is 6.92 Å². The smallest absolute Gasteiger partial charge is 0.326 e. The van der Waals surface area contributed by atoms with Crippen LogP contribution in [0.15, 0.2) is 69.8 Å². The standard InChI is InChI=1S/C19H17BN6O3/c1-11-10-21-18(23-17(11)28)24-19(29)22-14-8-4-5-9-15(14)26-25-13-7-3-2-6-12(13)16(20)27/h2-10H,20H2,1H3,(H3,21,22,23,24,28,29)/b26-25+. The number of aromatic nitrogens is 2. The van der Waals surface area contributed by atoms with Gasteiger partial charge in [0, 0.05) is 17.3 Å². The summed E-state index contributed by atoms with van der Waals surface area (Å²) in [7, 11) is 1.46.